The molecule has 0 saturated heterocycles. The Labute approximate surface area is 156 Å². The van der Waals surface area contributed by atoms with Crippen LogP contribution < -0.4 is 10.6 Å². The number of nitrogens with one attached hydrogen (secondary N) is 2. The van der Waals surface area contributed by atoms with Crippen molar-refractivity contribution in [2.24, 2.45) is 0 Å². The molecule has 0 aromatic rings. The summed E-state index contributed by atoms with van der Waals surface area (Å²) in [7, 11) is 0. The number of alkyl carbamates (subject to hydrolysis) is 1. The minimum atomic E-state index is -1.38. The molecule has 0 aliphatic heterocycles. The van der Waals surface area contributed by atoms with E-state index in [0.29, 0.717) is 0 Å². The normalized spacial score (nSPS) is 20.8. The molecule has 7 heteroatoms. The molecule has 2 aliphatic carbocycles. The lowest BCUT2D eigenvalue weighted by molar-refractivity contribution is -0.141. The number of hydrogen-bond acceptors (Lipinski definition) is 5. The Kier molecular flexibility index (Phi) is 11.0. The molecule has 2 fully saturated rings. The quantitative estimate of drug-likeness (QED) is 0.536. The van der Waals surface area contributed by atoms with Gasteiger partial charge in [-0.05, 0) is 32.6 Å². The Bertz CT molecular complexity index is 414. The van der Waals surface area contributed by atoms with Gasteiger partial charge in [0, 0.05) is 12.1 Å². The fraction of sp³-hybridized carbons (Fsp3) is 0.789. The monoisotopic (exact) mass is 370 g/mol. The number of rotatable bonds is 6. The van der Waals surface area contributed by atoms with E-state index in [2.05, 4.69) is 16.6 Å². The van der Waals surface area contributed by atoms with Crippen LogP contribution in [0.3, 0.4) is 0 Å². The van der Waals surface area contributed by atoms with Crippen LogP contribution in [0.5, 0.6) is 0 Å². The maximum atomic E-state index is 10.7. The zero-order chi connectivity index (χ0) is 19.4. The summed E-state index contributed by atoms with van der Waals surface area (Å²) in [6.07, 6.45) is 13.3. The Morgan fingerprint density at radius 1 is 1.04 bits per heavy atom. The molecule has 0 aromatic carbocycles. The van der Waals surface area contributed by atoms with E-state index in [1.165, 1.54) is 71.1 Å². The van der Waals surface area contributed by atoms with E-state index in [0.717, 1.165) is 18.3 Å². The van der Waals surface area contributed by atoms with Gasteiger partial charge >= 0.3 is 12.1 Å². The molecule has 26 heavy (non-hydrogen) atoms. The van der Waals surface area contributed by atoms with Gasteiger partial charge in [-0.3, -0.25) is 0 Å². The molecule has 0 radical (unpaired) electrons. The van der Waals surface area contributed by atoms with Crippen molar-refractivity contribution in [3.05, 3.63) is 12.8 Å². The molecule has 0 bridgehead atoms. The fourth-order valence-corrected chi connectivity index (χ4v) is 3.50. The van der Waals surface area contributed by atoms with Gasteiger partial charge in [0.1, 0.15) is 0 Å². The third-order valence-electron chi connectivity index (χ3n) is 4.89. The van der Waals surface area contributed by atoms with Gasteiger partial charge in [-0.1, -0.05) is 45.1 Å². The molecule has 2 atom stereocenters. The van der Waals surface area contributed by atoms with Crippen LogP contribution in [0.1, 0.15) is 71.1 Å². The van der Waals surface area contributed by atoms with Gasteiger partial charge in [0.05, 0.1) is 12.4 Å². The Morgan fingerprint density at radius 3 is 1.85 bits per heavy atom. The van der Waals surface area contributed by atoms with Crippen molar-refractivity contribution in [2.75, 3.05) is 0 Å². The van der Waals surface area contributed by atoms with Crippen LogP contribution in [-0.4, -0.2) is 46.5 Å². The molecule has 0 spiro atoms. The maximum Gasteiger partial charge on any atom is 0.412 e. The number of aliphatic carboxylic acids is 1. The highest BCUT2D eigenvalue weighted by Crippen LogP contribution is 2.22. The molecule has 1 amide bonds. The van der Waals surface area contributed by atoms with Crippen LogP contribution in [0.2, 0.25) is 0 Å². The van der Waals surface area contributed by atoms with Crippen molar-refractivity contribution in [3.8, 4) is 0 Å². The van der Waals surface area contributed by atoms with Crippen LogP contribution >= 0.6 is 0 Å². The van der Waals surface area contributed by atoms with Crippen molar-refractivity contribution in [2.45, 2.75) is 95.4 Å². The standard InChI is InChI=1S/C12H23N.C7H11NO5/c1-3-7-11(8-4-1)13-12-9-5-2-6-10-12;1-3-13-7(12)8-5(4(2)9)6(10)11/h11-13H,1-10H2;3-5,9H,1H2,2H3,(H,8,12)(H,10,11)/t;4?,5-/m.0/s1. The van der Waals surface area contributed by atoms with E-state index in [1.807, 2.05) is 5.32 Å². The average molecular weight is 370 g/mol. The largest absolute Gasteiger partial charge is 0.480 e. The fourth-order valence-electron chi connectivity index (χ4n) is 3.50. The zero-order valence-electron chi connectivity index (χ0n) is 15.8. The second-order valence-electron chi connectivity index (χ2n) is 7.11. The van der Waals surface area contributed by atoms with Crippen LogP contribution in [0, 0.1) is 0 Å². The smallest absolute Gasteiger partial charge is 0.412 e. The predicted molar refractivity (Wildman–Crippen MR) is 99.8 cm³/mol. The molecule has 0 aromatic heterocycles. The number of ether oxygens (including phenoxy) is 1. The van der Waals surface area contributed by atoms with Gasteiger partial charge in [0.25, 0.3) is 0 Å². The van der Waals surface area contributed by atoms with Gasteiger partial charge in [0.15, 0.2) is 6.04 Å². The number of aliphatic hydroxyl groups is 1. The molecule has 2 saturated carbocycles. The number of hydrogen-bond donors (Lipinski definition) is 4. The van der Waals surface area contributed by atoms with Gasteiger partial charge in [-0.15, -0.1) is 0 Å². The Balaban J connectivity index is 0.000000260. The molecule has 7 nitrogen and oxygen atoms in total. The Morgan fingerprint density at radius 2 is 1.50 bits per heavy atom. The highest BCUT2D eigenvalue weighted by atomic mass is 16.5. The van der Waals surface area contributed by atoms with E-state index in [1.54, 1.807) is 0 Å². The van der Waals surface area contributed by atoms with Crippen molar-refractivity contribution >= 4 is 12.1 Å². The van der Waals surface area contributed by atoms with Crippen LogP contribution in [0.15, 0.2) is 12.8 Å². The van der Waals surface area contributed by atoms with Gasteiger partial charge < -0.3 is 25.6 Å². The van der Waals surface area contributed by atoms with E-state index in [9.17, 15) is 9.59 Å². The first-order chi connectivity index (χ1) is 12.4. The summed E-state index contributed by atoms with van der Waals surface area (Å²) in [6, 6.07) is 0.362. The average Bonchev–Trinajstić information content (AvgIpc) is 2.62. The molecular weight excluding hydrogens is 336 g/mol. The maximum absolute atomic E-state index is 10.7. The number of carboxylic acid groups (broad SMARTS) is 1. The van der Waals surface area contributed by atoms with Crippen molar-refractivity contribution in [3.63, 3.8) is 0 Å². The second-order valence-corrected chi connectivity index (χ2v) is 7.11. The van der Waals surface area contributed by atoms with E-state index in [4.69, 9.17) is 10.2 Å². The van der Waals surface area contributed by atoms with E-state index < -0.39 is 24.2 Å². The third kappa shape index (κ3) is 9.20. The summed E-state index contributed by atoms with van der Waals surface area (Å²) in [5, 5.41) is 23.2. The number of aliphatic hydroxyl groups excluding tert-OH is 1. The van der Waals surface area contributed by atoms with Crippen molar-refractivity contribution in [1.29, 1.82) is 0 Å². The number of carbonyl (C=O) groups excluding carboxylic acids is 1. The first-order valence-corrected chi connectivity index (χ1v) is 9.69. The SMILES string of the molecule is C1CCC(NC2CCCCC2)CC1.C=COC(=O)N[C@H](C(=O)O)C(C)O. The van der Waals surface area contributed by atoms with Crippen LogP contribution in [-0.2, 0) is 9.53 Å². The predicted octanol–water partition coefficient (Wildman–Crippen LogP) is 2.93. The molecule has 2 rings (SSSR count). The Hall–Kier alpha value is -1.60. The van der Waals surface area contributed by atoms with Crippen LogP contribution in [0.4, 0.5) is 4.79 Å². The summed E-state index contributed by atoms with van der Waals surface area (Å²) in [6.45, 7) is 4.35. The number of carboxylic acids is 1. The molecule has 150 valence electrons. The van der Waals surface area contributed by atoms with Crippen molar-refractivity contribution < 1.29 is 24.5 Å². The summed E-state index contributed by atoms with van der Waals surface area (Å²) in [5.74, 6) is -1.34. The first kappa shape index (κ1) is 22.4. The molecule has 1 unspecified atom stereocenters. The lowest BCUT2D eigenvalue weighted by atomic mass is 9.91. The number of carbonyl (C=O) groups is 2. The van der Waals surface area contributed by atoms with Gasteiger partial charge in [0.2, 0.25) is 0 Å². The summed E-state index contributed by atoms with van der Waals surface area (Å²) in [4.78, 5) is 21.1. The minimum absolute atomic E-state index is 0.857. The lowest BCUT2D eigenvalue weighted by Crippen LogP contribution is -2.47. The van der Waals surface area contributed by atoms with Gasteiger partial charge in [-0.2, -0.15) is 0 Å². The lowest BCUT2D eigenvalue weighted by Gasteiger charge is -2.30. The summed E-state index contributed by atoms with van der Waals surface area (Å²) in [5.41, 5.74) is 0. The van der Waals surface area contributed by atoms with Crippen molar-refractivity contribution in [1.82, 2.24) is 10.6 Å². The molecular formula is C19H34N2O5. The van der Waals surface area contributed by atoms with E-state index in [-0.39, 0.29) is 0 Å². The highest BCUT2D eigenvalue weighted by Gasteiger charge is 2.25. The van der Waals surface area contributed by atoms with Crippen LogP contribution in [0.25, 0.3) is 0 Å². The minimum Gasteiger partial charge on any atom is -0.480 e. The number of amides is 1. The third-order valence-corrected chi connectivity index (χ3v) is 4.89. The summed E-state index contributed by atoms with van der Waals surface area (Å²) < 4.78 is 4.21. The van der Waals surface area contributed by atoms with Gasteiger partial charge in [-0.25, -0.2) is 9.59 Å². The first-order valence-electron chi connectivity index (χ1n) is 9.69. The second kappa shape index (κ2) is 12.7. The topological polar surface area (TPSA) is 108 Å². The van der Waals surface area contributed by atoms with E-state index >= 15 is 0 Å². The molecule has 2 aliphatic rings. The summed E-state index contributed by atoms with van der Waals surface area (Å²) >= 11 is 0. The highest BCUT2D eigenvalue weighted by molar-refractivity contribution is 5.80. The molecule has 0 heterocycles. The molecule has 4 N–H and O–H groups in total. The zero-order valence-corrected chi connectivity index (χ0v) is 15.8.